The summed E-state index contributed by atoms with van der Waals surface area (Å²) in [6.45, 7) is 10.3. The summed E-state index contributed by atoms with van der Waals surface area (Å²) in [6.07, 6.45) is 0.623. The highest BCUT2D eigenvalue weighted by atomic mass is 19.4. The quantitative estimate of drug-likeness (QED) is 0.197. The van der Waals surface area contributed by atoms with Crippen molar-refractivity contribution < 1.29 is 22.8 Å². The predicted octanol–water partition coefficient (Wildman–Crippen LogP) is 7.93. The Hall–Kier alpha value is -5.44. The van der Waals surface area contributed by atoms with Gasteiger partial charge in [0.15, 0.2) is 23.2 Å². The number of H-pyrrole nitrogens is 1. The molecule has 2 aromatic heterocycles. The first-order chi connectivity index (χ1) is 24.4. The summed E-state index contributed by atoms with van der Waals surface area (Å²) in [5, 5.41) is 28.8. The van der Waals surface area contributed by atoms with E-state index < -0.39 is 28.0 Å². The third-order valence-corrected chi connectivity index (χ3v) is 11.5. The fourth-order valence-electron chi connectivity index (χ4n) is 9.21. The molecule has 0 saturated heterocycles. The topological polar surface area (TPSA) is 128 Å². The number of rotatable bonds is 4. The summed E-state index contributed by atoms with van der Waals surface area (Å²) >= 11 is 0. The summed E-state index contributed by atoms with van der Waals surface area (Å²) in [5.41, 5.74) is 1.89. The molecule has 2 aliphatic heterocycles. The molecule has 0 amide bonds. The Morgan fingerprint density at radius 1 is 0.827 bits per heavy atom. The zero-order chi connectivity index (χ0) is 37.0. The van der Waals surface area contributed by atoms with Gasteiger partial charge in [0.2, 0.25) is 0 Å². The number of fused-ring (bicyclic) bond motifs is 2. The normalized spacial score (nSPS) is 26.4. The van der Waals surface area contributed by atoms with Crippen LogP contribution in [0.4, 0.5) is 24.8 Å². The average Bonchev–Trinajstić information content (AvgIpc) is 3.70. The molecule has 266 valence electrons. The van der Waals surface area contributed by atoms with Crippen molar-refractivity contribution in [1.29, 1.82) is 5.26 Å². The number of hydrogen-bond donors (Lipinski definition) is 3. The first-order valence-electron chi connectivity index (χ1n) is 17.3. The number of anilines is 2. The molecule has 0 saturated carbocycles. The molecule has 1 unspecified atom stereocenters. The van der Waals surface area contributed by atoms with Crippen molar-refractivity contribution >= 4 is 23.2 Å². The molecule has 3 N–H and O–H groups in total. The van der Waals surface area contributed by atoms with Gasteiger partial charge in [0.05, 0.1) is 28.0 Å². The van der Waals surface area contributed by atoms with Gasteiger partial charge in [-0.2, -0.15) is 28.6 Å². The van der Waals surface area contributed by atoms with Crippen LogP contribution in [0, 0.1) is 22.2 Å². The molecule has 2 aromatic carbocycles. The van der Waals surface area contributed by atoms with Gasteiger partial charge in [-0.1, -0.05) is 51.1 Å². The maximum absolute atomic E-state index is 14.4. The average molecular weight is 706 g/mol. The lowest BCUT2D eigenvalue weighted by atomic mass is 9.61. The number of allylic oxidation sites excluding steroid dienone is 4. The first kappa shape index (κ1) is 33.7. The van der Waals surface area contributed by atoms with Crippen LogP contribution in [0.5, 0.6) is 0 Å². The Kier molecular flexibility index (Phi) is 7.15. The van der Waals surface area contributed by atoms with E-state index in [-0.39, 0.29) is 23.4 Å². The molecule has 9 nitrogen and oxygen atoms in total. The van der Waals surface area contributed by atoms with Crippen LogP contribution in [0.25, 0.3) is 0 Å². The first-order valence-corrected chi connectivity index (χ1v) is 17.3. The van der Waals surface area contributed by atoms with Crippen LogP contribution in [0.15, 0.2) is 83.5 Å². The Bertz CT molecular complexity index is 2320. The molecule has 8 rings (SSSR count). The van der Waals surface area contributed by atoms with E-state index in [1.54, 1.807) is 25.3 Å². The van der Waals surface area contributed by atoms with Crippen molar-refractivity contribution in [2.75, 3.05) is 10.6 Å². The summed E-state index contributed by atoms with van der Waals surface area (Å²) in [4.78, 5) is 28.3. The standard InChI is InChI=1S/C40H38F3N7O2/c1-36(2)14-28-32(30(51)16-36)39(5,23-9-6-8-22(12-23)18-44)27-20-50(49-35(27)47-28)21-37(3)15-29-33(31(52)17-37)38(4,26-19-45-48-34(26)46-29)24-10-7-11-25(13-24)40(41,42)43/h6-13,19-20H,14-17,21H2,1-5H3,(H,47,49)(H2,45,46,48)/t37?,38-,39-/m0/s1. The third-order valence-electron chi connectivity index (χ3n) is 11.5. The molecule has 4 heterocycles. The SMILES string of the molecule is CC1(C)CC(=O)C2=C(C1)Nc1nn(CC3(C)CC(=O)C4=C(C3)Nc3n[nH]cc3[C@]4(C)c3cccc(C(F)(F)F)c3)cc1[C@]2(C)c1cccc(C#N)c1. The van der Waals surface area contributed by atoms with Crippen LogP contribution in [-0.4, -0.2) is 31.5 Å². The molecule has 4 aromatic rings. The zero-order valence-corrected chi connectivity index (χ0v) is 29.5. The number of nitrogens with zero attached hydrogens (tertiary/aromatic N) is 4. The van der Waals surface area contributed by atoms with Gasteiger partial charge >= 0.3 is 6.18 Å². The Morgan fingerprint density at radius 2 is 1.46 bits per heavy atom. The molecule has 12 heteroatoms. The number of nitriles is 1. The number of Topliss-reactive ketones (excluding diaryl/α,β-unsaturated/α-hetero) is 2. The fourth-order valence-corrected chi connectivity index (χ4v) is 9.21. The largest absolute Gasteiger partial charge is 0.416 e. The Balaban J connectivity index is 1.19. The number of halogens is 3. The van der Waals surface area contributed by atoms with Crippen LogP contribution in [0.3, 0.4) is 0 Å². The van der Waals surface area contributed by atoms with Crippen molar-refractivity contribution in [3.63, 3.8) is 0 Å². The number of nitrogens with one attached hydrogen (secondary N) is 3. The maximum Gasteiger partial charge on any atom is 0.416 e. The van der Waals surface area contributed by atoms with Gasteiger partial charge in [-0.05, 0) is 66.8 Å². The second kappa shape index (κ2) is 11.0. The van der Waals surface area contributed by atoms with E-state index in [1.165, 1.54) is 6.07 Å². The molecule has 3 atom stereocenters. The van der Waals surface area contributed by atoms with Crippen molar-refractivity contribution in [2.24, 2.45) is 10.8 Å². The second-order valence-corrected chi connectivity index (χ2v) is 16.2. The lowest BCUT2D eigenvalue weighted by molar-refractivity contribution is -0.137. The van der Waals surface area contributed by atoms with Crippen molar-refractivity contribution in [2.45, 2.75) is 83.9 Å². The number of alkyl halides is 3. The third kappa shape index (κ3) is 5.04. The number of benzene rings is 2. The number of aromatic amines is 1. The molecular formula is C40H38F3N7O2. The molecular weight excluding hydrogens is 667 g/mol. The summed E-state index contributed by atoms with van der Waals surface area (Å²) < 4.78 is 43.4. The van der Waals surface area contributed by atoms with Gasteiger partial charge in [0, 0.05) is 65.4 Å². The van der Waals surface area contributed by atoms with Gasteiger partial charge in [-0.3, -0.25) is 19.4 Å². The Labute approximate surface area is 299 Å². The van der Waals surface area contributed by atoms with E-state index in [1.807, 2.05) is 42.9 Å². The number of ketones is 2. The number of hydrogen-bond acceptors (Lipinski definition) is 7. The second-order valence-electron chi connectivity index (χ2n) is 16.2. The van der Waals surface area contributed by atoms with E-state index in [2.05, 4.69) is 40.7 Å². The monoisotopic (exact) mass is 705 g/mol. The summed E-state index contributed by atoms with van der Waals surface area (Å²) in [7, 11) is 0. The predicted molar refractivity (Wildman–Crippen MR) is 188 cm³/mol. The number of carbonyl (C=O) groups is 2. The molecule has 0 bridgehead atoms. The highest BCUT2D eigenvalue weighted by Crippen LogP contribution is 2.55. The summed E-state index contributed by atoms with van der Waals surface area (Å²) in [5.74, 6) is 0.973. The van der Waals surface area contributed by atoms with Gasteiger partial charge in [0.25, 0.3) is 0 Å². The number of aromatic nitrogens is 4. The summed E-state index contributed by atoms with van der Waals surface area (Å²) in [6, 6.07) is 14.7. The highest BCUT2D eigenvalue weighted by Gasteiger charge is 2.52. The lowest BCUT2D eigenvalue weighted by Gasteiger charge is -2.44. The minimum Gasteiger partial charge on any atom is -0.342 e. The molecule has 0 radical (unpaired) electrons. The van der Waals surface area contributed by atoms with Crippen LogP contribution in [-0.2, 0) is 33.1 Å². The van der Waals surface area contributed by atoms with E-state index in [0.717, 1.165) is 29.0 Å². The van der Waals surface area contributed by atoms with Gasteiger partial charge in [0.1, 0.15) is 0 Å². The minimum absolute atomic E-state index is 0.0521. The van der Waals surface area contributed by atoms with E-state index >= 15 is 0 Å². The van der Waals surface area contributed by atoms with E-state index in [0.29, 0.717) is 71.0 Å². The van der Waals surface area contributed by atoms with E-state index in [4.69, 9.17) is 5.10 Å². The van der Waals surface area contributed by atoms with Gasteiger partial charge in [-0.15, -0.1) is 0 Å². The smallest absolute Gasteiger partial charge is 0.342 e. The van der Waals surface area contributed by atoms with Gasteiger partial charge < -0.3 is 10.6 Å². The lowest BCUT2D eigenvalue weighted by Crippen LogP contribution is -2.43. The van der Waals surface area contributed by atoms with Crippen LogP contribution in [0.1, 0.15) is 93.7 Å². The van der Waals surface area contributed by atoms with Crippen LogP contribution >= 0.6 is 0 Å². The maximum atomic E-state index is 14.4. The number of carbonyl (C=O) groups excluding carboxylic acids is 2. The van der Waals surface area contributed by atoms with Crippen LogP contribution in [0.2, 0.25) is 0 Å². The molecule has 2 aliphatic carbocycles. The zero-order valence-electron chi connectivity index (χ0n) is 29.5. The van der Waals surface area contributed by atoms with E-state index in [9.17, 15) is 28.0 Å². The van der Waals surface area contributed by atoms with Gasteiger partial charge in [-0.25, -0.2) is 0 Å². The molecule has 52 heavy (non-hydrogen) atoms. The molecule has 0 spiro atoms. The van der Waals surface area contributed by atoms with Crippen molar-refractivity contribution in [3.8, 4) is 6.07 Å². The molecule has 0 fully saturated rings. The fraction of sp³-hybridized carbons (Fsp3) is 0.375. The molecule has 4 aliphatic rings. The Morgan fingerprint density at radius 3 is 2.17 bits per heavy atom. The minimum atomic E-state index is -4.55. The van der Waals surface area contributed by atoms with Crippen molar-refractivity contribution in [1.82, 2.24) is 20.0 Å². The van der Waals surface area contributed by atoms with Crippen molar-refractivity contribution in [3.05, 3.63) is 117 Å². The highest BCUT2D eigenvalue weighted by molar-refractivity contribution is 6.03. The van der Waals surface area contributed by atoms with Crippen LogP contribution < -0.4 is 10.6 Å².